The minimum Gasteiger partial charge on any atom is -0.373 e. The van der Waals surface area contributed by atoms with Gasteiger partial charge < -0.3 is 10.2 Å². The van der Waals surface area contributed by atoms with Crippen LogP contribution in [0, 0.1) is 0 Å². The van der Waals surface area contributed by atoms with E-state index in [1.807, 2.05) is 26.0 Å². The third-order valence-electron chi connectivity index (χ3n) is 2.81. The van der Waals surface area contributed by atoms with Crippen LogP contribution in [0.2, 0.25) is 0 Å². The topological polar surface area (TPSA) is 41.1 Å². The molecule has 0 unspecified atom stereocenters. The second-order valence-electron chi connectivity index (χ2n) is 4.15. The molecular weight excluding hydrogens is 188 g/mol. The Morgan fingerprint density at radius 2 is 1.87 bits per heavy atom. The summed E-state index contributed by atoms with van der Waals surface area (Å²) in [7, 11) is 5.88. The van der Waals surface area contributed by atoms with E-state index in [2.05, 4.69) is 15.3 Å². The molecule has 0 aliphatic heterocycles. The number of hydrogen-bond donors (Lipinski definition) is 1. The van der Waals surface area contributed by atoms with Gasteiger partial charge in [0.1, 0.15) is 5.82 Å². The first-order valence-electron chi connectivity index (χ1n) is 5.47. The average Bonchev–Trinajstić information content (AvgIpc) is 2.27. The van der Waals surface area contributed by atoms with Crippen molar-refractivity contribution in [2.75, 3.05) is 31.4 Å². The Morgan fingerprint density at radius 3 is 2.53 bits per heavy atom. The monoisotopic (exact) mass is 206 g/mol. The fraction of sp³-hybridized carbons (Fsp3) is 0.636. The summed E-state index contributed by atoms with van der Waals surface area (Å²) in [6.45, 7) is 0. The van der Waals surface area contributed by atoms with Crippen LogP contribution in [0.1, 0.15) is 24.1 Å². The Morgan fingerprint density at radius 1 is 1.13 bits per heavy atom. The predicted molar refractivity (Wildman–Crippen MR) is 62.5 cm³/mol. The van der Waals surface area contributed by atoms with E-state index in [4.69, 9.17) is 0 Å². The van der Waals surface area contributed by atoms with Crippen molar-refractivity contribution in [3.05, 3.63) is 11.3 Å². The van der Waals surface area contributed by atoms with Crippen LogP contribution in [-0.2, 0) is 12.8 Å². The third kappa shape index (κ3) is 1.89. The fourth-order valence-corrected chi connectivity index (χ4v) is 1.99. The van der Waals surface area contributed by atoms with E-state index < -0.39 is 0 Å². The van der Waals surface area contributed by atoms with Gasteiger partial charge in [0.2, 0.25) is 5.95 Å². The number of nitrogens with zero attached hydrogens (tertiary/aromatic N) is 3. The second kappa shape index (κ2) is 4.04. The minimum absolute atomic E-state index is 0.806. The maximum atomic E-state index is 4.60. The van der Waals surface area contributed by atoms with Gasteiger partial charge >= 0.3 is 0 Å². The van der Waals surface area contributed by atoms with Crippen LogP contribution in [0.15, 0.2) is 0 Å². The van der Waals surface area contributed by atoms with Crippen LogP contribution < -0.4 is 10.2 Å². The summed E-state index contributed by atoms with van der Waals surface area (Å²) in [5, 5.41) is 3.17. The molecule has 0 amide bonds. The second-order valence-corrected chi connectivity index (χ2v) is 4.15. The Balaban J connectivity index is 2.48. The first-order chi connectivity index (χ1) is 7.22. The van der Waals surface area contributed by atoms with Crippen molar-refractivity contribution in [2.45, 2.75) is 25.7 Å². The van der Waals surface area contributed by atoms with Crippen LogP contribution in [0.25, 0.3) is 0 Å². The standard InChI is InChI=1S/C11H18N4/c1-12-10-8-6-4-5-7-9(8)13-11(14-10)15(2)3/h4-7H2,1-3H3,(H,12,13,14). The van der Waals surface area contributed by atoms with E-state index in [0.29, 0.717) is 0 Å². The van der Waals surface area contributed by atoms with Gasteiger partial charge in [-0.25, -0.2) is 4.98 Å². The van der Waals surface area contributed by atoms with Crippen molar-refractivity contribution in [3.8, 4) is 0 Å². The molecule has 0 saturated heterocycles. The highest BCUT2D eigenvalue weighted by Gasteiger charge is 2.17. The van der Waals surface area contributed by atoms with E-state index in [9.17, 15) is 0 Å². The van der Waals surface area contributed by atoms with Crippen molar-refractivity contribution in [2.24, 2.45) is 0 Å². The number of aromatic nitrogens is 2. The normalized spacial score (nSPS) is 14.6. The molecule has 0 radical (unpaired) electrons. The summed E-state index contributed by atoms with van der Waals surface area (Å²) in [4.78, 5) is 11.1. The zero-order valence-electron chi connectivity index (χ0n) is 9.67. The predicted octanol–water partition coefficient (Wildman–Crippen LogP) is 1.46. The van der Waals surface area contributed by atoms with Gasteiger partial charge in [-0.2, -0.15) is 4.98 Å². The summed E-state index contributed by atoms with van der Waals surface area (Å²) in [6, 6.07) is 0. The Kier molecular flexibility index (Phi) is 2.75. The summed E-state index contributed by atoms with van der Waals surface area (Å²) in [5.74, 6) is 1.81. The molecule has 0 bridgehead atoms. The number of fused-ring (bicyclic) bond motifs is 1. The van der Waals surface area contributed by atoms with Gasteiger partial charge in [0.15, 0.2) is 0 Å². The van der Waals surface area contributed by atoms with Crippen LogP contribution in [-0.4, -0.2) is 31.1 Å². The smallest absolute Gasteiger partial charge is 0.227 e. The minimum atomic E-state index is 0.806. The summed E-state index contributed by atoms with van der Waals surface area (Å²) in [5.41, 5.74) is 2.54. The summed E-state index contributed by atoms with van der Waals surface area (Å²) < 4.78 is 0. The summed E-state index contributed by atoms with van der Waals surface area (Å²) in [6.07, 6.45) is 4.71. The molecule has 1 aliphatic carbocycles. The molecule has 2 rings (SSSR count). The van der Waals surface area contributed by atoms with Crippen molar-refractivity contribution >= 4 is 11.8 Å². The van der Waals surface area contributed by atoms with Gasteiger partial charge in [0.25, 0.3) is 0 Å². The van der Waals surface area contributed by atoms with Crippen molar-refractivity contribution in [1.82, 2.24) is 9.97 Å². The fourth-order valence-electron chi connectivity index (χ4n) is 1.99. The van der Waals surface area contributed by atoms with Crippen molar-refractivity contribution in [3.63, 3.8) is 0 Å². The van der Waals surface area contributed by atoms with E-state index in [1.165, 1.54) is 24.1 Å². The van der Waals surface area contributed by atoms with Crippen molar-refractivity contribution in [1.29, 1.82) is 0 Å². The molecule has 1 N–H and O–H groups in total. The molecule has 0 spiro atoms. The molecule has 1 aromatic rings. The van der Waals surface area contributed by atoms with Gasteiger partial charge in [-0.3, -0.25) is 0 Å². The molecule has 1 aromatic heterocycles. The van der Waals surface area contributed by atoms with E-state index in [-0.39, 0.29) is 0 Å². The molecule has 0 fully saturated rings. The zero-order chi connectivity index (χ0) is 10.8. The van der Waals surface area contributed by atoms with Gasteiger partial charge in [-0.15, -0.1) is 0 Å². The first kappa shape index (κ1) is 10.2. The highest BCUT2D eigenvalue weighted by Crippen LogP contribution is 2.26. The first-order valence-corrected chi connectivity index (χ1v) is 5.47. The highest BCUT2D eigenvalue weighted by atomic mass is 15.2. The number of rotatable bonds is 2. The molecule has 0 aromatic carbocycles. The lowest BCUT2D eigenvalue weighted by Crippen LogP contribution is -2.18. The van der Waals surface area contributed by atoms with Crippen LogP contribution in [0.5, 0.6) is 0 Å². The lowest BCUT2D eigenvalue weighted by molar-refractivity contribution is 0.663. The summed E-state index contributed by atoms with van der Waals surface area (Å²) >= 11 is 0. The van der Waals surface area contributed by atoms with Gasteiger partial charge in [0.05, 0.1) is 5.69 Å². The number of hydrogen-bond acceptors (Lipinski definition) is 4. The lowest BCUT2D eigenvalue weighted by Gasteiger charge is -2.20. The lowest BCUT2D eigenvalue weighted by atomic mass is 9.96. The Hall–Kier alpha value is -1.32. The largest absolute Gasteiger partial charge is 0.373 e. The molecule has 4 nitrogen and oxygen atoms in total. The average molecular weight is 206 g/mol. The number of aryl methyl sites for hydroxylation is 1. The van der Waals surface area contributed by atoms with Gasteiger partial charge in [-0.05, 0) is 25.7 Å². The zero-order valence-corrected chi connectivity index (χ0v) is 9.67. The Bertz CT molecular complexity index is 343. The SMILES string of the molecule is CNc1nc(N(C)C)nc2c1CCCC2. The molecule has 82 valence electrons. The van der Waals surface area contributed by atoms with E-state index in [1.54, 1.807) is 0 Å². The van der Waals surface area contributed by atoms with E-state index >= 15 is 0 Å². The Labute approximate surface area is 90.7 Å². The van der Waals surface area contributed by atoms with Crippen LogP contribution in [0.4, 0.5) is 11.8 Å². The van der Waals surface area contributed by atoms with Crippen LogP contribution >= 0.6 is 0 Å². The number of nitrogens with one attached hydrogen (secondary N) is 1. The van der Waals surface area contributed by atoms with E-state index in [0.717, 1.165) is 24.6 Å². The van der Waals surface area contributed by atoms with Gasteiger partial charge in [-0.1, -0.05) is 0 Å². The highest BCUT2D eigenvalue weighted by molar-refractivity contribution is 5.51. The van der Waals surface area contributed by atoms with Crippen molar-refractivity contribution < 1.29 is 0 Å². The molecular formula is C11H18N4. The molecule has 0 atom stereocenters. The quantitative estimate of drug-likeness (QED) is 0.795. The molecule has 15 heavy (non-hydrogen) atoms. The molecule has 0 saturated carbocycles. The maximum absolute atomic E-state index is 4.60. The van der Waals surface area contributed by atoms with Crippen LogP contribution in [0.3, 0.4) is 0 Å². The number of anilines is 2. The maximum Gasteiger partial charge on any atom is 0.227 e. The van der Waals surface area contributed by atoms with Gasteiger partial charge in [0, 0.05) is 26.7 Å². The molecule has 1 heterocycles. The molecule has 1 aliphatic rings. The third-order valence-corrected chi connectivity index (χ3v) is 2.81. The molecule has 4 heteroatoms.